The summed E-state index contributed by atoms with van der Waals surface area (Å²) in [7, 11) is 0. The molecule has 0 aliphatic rings. The van der Waals surface area contributed by atoms with Crippen LogP contribution in [0.2, 0.25) is 0 Å². The lowest BCUT2D eigenvalue weighted by molar-refractivity contribution is 0.528. The number of nitrogens with two attached hydrogens (primary N) is 1. The highest BCUT2D eigenvalue weighted by Crippen LogP contribution is 2.07. The third kappa shape index (κ3) is 1.53. The summed E-state index contributed by atoms with van der Waals surface area (Å²) >= 11 is 0. The van der Waals surface area contributed by atoms with Crippen molar-refractivity contribution in [2.45, 2.75) is 13.1 Å². The number of hydrogen-bond donors (Lipinski definition) is 2. The smallest absolute Gasteiger partial charge is 0.311 e. The van der Waals surface area contributed by atoms with E-state index in [1.807, 2.05) is 0 Å². The van der Waals surface area contributed by atoms with Crippen LogP contribution < -0.4 is 17.0 Å². The van der Waals surface area contributed by atoms with Crippen LogP contribution in [0.5, 0.6) is 0 Å². The highest BCUT2D eigenvalue weighted by Gasteiger charge is 2.10. The van der Waals surface area contributed by atoms with Crippen LogP contribution >= 0.6 is 0 Å². The fourth-order valence-corrected chi connectivity index (χ4v) is 1.57. The maximum Gasteiger partial charge on any atom is 0.330 e. The summed E-state index contributed by atoms with van der Waals surface area (Å²) in [5.41, 5.74) is 4.52. The Labute approximate surface area is 89.3 Å². The zero-order chi connectivity index (χ0) is 11.9. The van der Waals surface area contributed by atoms with Crippen LogP contribution in [0.1, 0.15) is 13.1 Å². The molecule has 0 aliphatic carbocycles. The van der Waals surface area contributed by atoms with Gasteiger partial charge in [0.15, 0.2) is 0 Å². The van der Waals surface area contributed by atoms with Crippen LogP contribution in [0.25, 0.3) is 10.9 Å². The number of hydrogen-bond acceptors (Lipinski definition) is 3. The number of halogens is 1. The molecule has 0 bridgehead atoms. The Hall–Kier alpha value is -1.95. The highest BCUT2D eigenvalue weighted by molar-refractivity contribution is 5.77. The molecular weight excluding hydrogens is 213 g/mol. The molecule has 5 nitrogen and oxygen atoms in total. The van der Waals surface area contributed by atoms with E-state index in [9.17, 15) is 14.0 Å². The molecule has 0 amide bonds. The topological polar surface area (TPSA) is 80.9 Å². The summed E-state index contributed by atoms with van der Waals surface area (Å²) < 4.78 is 13.8. The molecule has 6 heteroatoms. The van der Waals surface area contributed by atoms with Gasteiger partial charge in [0.25, 0.3) is 5.56 Å². The first-order valence-corrected chi connectivity index (χ1v) is 4.70. The molecule has 0 saturated carbocycles. The van der Waals surface area contributed by atoms with Crippen LogP contribution in [-0.2, 0) is 0 Å². The van der Waals surface area contributed by atoms with Gasteiger partial charge in [-0.05, 0) is 25.1 Å². The minimum absolute atomic E-state index is 0.173. The minimum Gasteiger partial charge on any atom is -0.311 e. The summed E-state index contributed by atoms with van der Waals surface area (Å²) in [5.74, 6) is -0.513. The van der Waals surface area contributed by atoms with Crippen LogP contribution in [-0.4, -0.2) is 9.55 Å². The molecule has 2 rings (SSSR count). The Bertz CT molecular complexity index is 657. The fraction of sp³-hybridized carbons (Fsp3) is 0.200. The lowest BCUT2D eigenvalue weighted by Gasteiger charge is -2.09. The first kappa shape index (κ1) is 10.6. The zero-order valence-corrected chi connectivity index (χ0v) is 8.53. The van der Waals surface area contributed by atoms with Crippen molar-refractivity contribution in [2.24, 2.45) is 5.73 Å². The molecular formula is C10H10FN3O2. The number of H-pyrrole nitrogens is 1. The average Bonchev–Trinajstić information content (AvgIpc) is 2.15. The van der Waals surface area contributed by atoms with Crippen molar-refractivity contribution in [3.8, 4) is 0 Å². The van der Waals surface area contributed by atoms with Crippen molar-refractivity contribution in [2.75, 3.05) is 0 Å². The Balaban J connectivity index is 2.95. The lowest BCUT2D eigenvalue weighted by Crippen LogP contribution is -2.40. The Morgan fingerprint density at radius 3 is 2.75 bits per heavy atom. The van der Waals surface area contributed by atoms with E-state index < -0.39 is 23.2 Å². The maximum atomic E-state index is 12.9. The summed E-state index contributed by atoms with van der Waals surface area (Å²) in [6, 6.07) is 3.58. The molecule has 1 aromatic heterocycles. The van der Waals surface area contributed by atoms with Crippen molar-refractivity contribution in [3.05, 3.63) is 44.9 Å². The molecule has 1 atom stereocenters. The van der Waals surface area contributed by atoms with Crippen molar-refractivity contribution >= 4 is 10.9 Å². The normalized spacial score (nSPS) is 12.9. The van der Waals surface area contributed by atoms with E-state index in [-0.39, 0.29) is 10.9 Å². The van der Waals surface area contributed by atoms with E-state index in [1.165, 1.54) is 13.0 Å². The summed E-state index contributed by atoms with van der Waals surface area (Å²) in [6.07, 6.45) is -0.731. The van der Waals surface area contributed by atoms with Gasteiger partial charge in [0.05, 0.1) is 17.1 Å². The molecule has 1 unspecified atom stereocenters. The number of fused-ring (bicyclic) bond motifs is 1. The van der Waals surface area contributed by atoms with Crippen molar-refractivity contribution in [1.29, 1.82) is 0 Å². The van der Waals surface area contributed by atoms with E-state index in [0.717, 1.165) is 16.7 Å². The molecule has 16 heavy (non-hydrogen) atoms. The molecule has 0 spiro atoms. The predicted octanol–water partition coefficient (Wildman–Crippen LogP) is 0.306. The third-order valence-electron chi connectivity index (χ3n) is 2.30. The Morgan fingerprint density at radius 1 is 1.44 bits per heavy atom. The minimum atomic E-state index is -0.731. The monoisotopic (exact) mass is 223 g/mol. The Morgan fingerprint density at radius 2 is 2.12 bits per heavy atom. The molecule has 0 saturated heterocycles. The second-order valence-electron chi connectivity index (χ2n) is 3.54. The van der Waals surface area contributed by atoms with Gasteiger partial charge in [-0.25, -0.2) is 13.8 Å². The SMILES string of the molecule is CC(N)n1c(=O)[nH]c2cc(F)ccc2c1=O. The second kappa shape index (κ2) is 3.57. The first-order chi connectivity index (χ1) is 7.50. The van der Waals surface area contributed by atoms with Crippen LogP contribution in [0.15, 0.2) is 27.8 Å². The predicted molar refractivity (Wildman–Crippen MR) is 57.7 cm³/mol. The van der Waals surface area contributed by atoms with Crippen molar-refractivity contribution < 1.29 is 4.39 Å². The van der Waals surface area contributed by atoms with Gasteiger partial charge in [-0.3, -0.25) is 4.79 Å². The first-order valence-electron chi connectivity index (χ1n) is 4.70. The van der Waals surface area contributed by atoms with E-state index in [2.05, 4.69) is 4.98 Å². The van der Waals surface area contributed by atoms with Crippen LogP contribution in [0.3, 0.4) is 0 Å². The molecule has 2 aromatic rings. The number of aromatic amines is 1. The molecule has 1 aromatic carbocycles. The van der Waals surface area contributed by atoms with Gasteiger partial charge in [-0.1, -0.05) is 0 Å². The van der Waals surface area contributed by atoms with Gasteiger partial charge < -0.3 is 10.7 Å². The quantitative estimate of drug-likeness (QED) is 0.729. The van der Waals surface area contributed by atoms with E-state index in [4.69, 9.17) is 5.73 Å². The van der Waals surface area contributed by atoms with Gasteiger partial charge in [-0.2, -0.15) is 0 Å². The van der Waals surface area contributed by atoms with Crippen LogP contribution in [0, 0.1) is 5.82 Å². The summed E-state index contributed by atoms with van der Waals surface area (Å²) in [6.45, 7) is 1.52. The number of nitrogens with one attached hydrogen (secondary N) is 1. The largest absolute Gasteiger partial charge is 0.330 e. The fourth-order valence-electron chi connectivity index (χ4n) is 1.57. The van der Waals surface area contributed by atoms with Crippen molar-refractivity contribution in [3.63, 3.8) is 0 Å². The molecule has 0 aliphatic heterocycles. The van der Waals surface area contributed by atoms with E-state index in [0.29, 0.717) is 0 Å². The van der Waals surface area contributed by atoms with Gasteiger partial charge in [-0.15, -0.1) is 0 Å². The summed E-state index contributed by atoms with van der Waals surface area (Å²) in [5, 5.41) is 0.235. The van der Waals surface area contributed by atoms with Gasteiger partial charge in [0.2, 0.25) is 0 Å². The van der Waals surface area contributed by atoms with E-state index >= 15 is 0 Å². The molecule has 0 radical (unpaired) electrons. The van der Waals surface area contributed by atoms with Crippen LogP contribution in [0.4, 0.5) is 4.39 Å². The number of nitrogens with zero attached hydrogens (tertiary/aromatic N) is 1. The maximum absolute atomic E-state index is 12.9. The Kier molecular flexibility index (Phi) is 2.35. The zero-order valence-electron chi connectivity index (χ0n) is 8.53. The molecule has 3 N–H and O–H groups in total. The van der Waals surface area contributed by atoms with Crippen molar-refractivity contribution in [1.82, 2.24) is 9.55 Å². The standard InChI is InChI=1S/C10H10FN3O2/c1-5(12)14-9(15)7-3-2-6(11)4-8(7)13-10(14)16/h2-5H,12H2,1H3,(H,13,16). The molecule has 0 fully saturated rings. The lowest BCUT2D eigenvalue weighted by atomic mass is 10.2. The average molecular weight is 223 g/mol. The summed E-state index contributed by atoms with van der Waals surface area (Å²) in [4.78, 5) is 25.8. The van der Waals surface area contributed by atoms with Gasteiger partial charge >= 0.3 is 5.69 Å². The number of aromatic nitrogens is 2. The number of benzene rings is 1. The van der Waals surface area contributed by atoms with Gasteiger partial charge in [0.1, 0.15) is 5.82 Å². The molecule has 1 heterocycles. The van der Waals surface area contributed by atoms with E-state index in [1.54, 1.807) is 0 Å². The number of rotatable bonds is 1. The molecule has 84 valence electrons. The third-order valence-corrected chi connectivity index (χ3v) is 2.30. The van der Waals surface area contributed by atoms with Gasteiger partial charge in [0, 0.05) is 0 Å². The highest BCUT2D eigenvalue weighted by atomic mass is 19.1. The second-order valence-corrected chi connectivity index (χ2v) is 3.54.